The van der Waals surface area contributed by atoms with Gasteiger partial charge in [-0.15, -0.1) is 11.3 Å². The van der Waals surface area contributed by atoms with Crippen molar-refractivity contribution in [1.29, 1.82) is 0 Å². The van der Waals surface area contributed by atoms with Crippen LogP contribution in [0.2, 0.25) is 0 Å². The number of nitrogens with one attached hydrogen (secondary N) is 1. The van der Waals surface area contributed by atoms with Gasteiger partial charge in [-0.05, 0) is 36.2 Å². The van der Waals surface area contributed by atoms with E-state index in [2.05, 4.69) is 15.3 Å². The molecule has 0 spiro atoms. The fourth-order valence-corrected chi connectivity index (χ4v) is 2.70. The van der Waals surface area contributed by atoms with Gasteiger partial charge in [-0.1, -0.05) is 12.1 Å². The van der Waals surface area contributed by atoms with Gasteiger partial charge in [0.25, 0.3) is 5.91 Å². The van der Waals surface area contributed by atoms with Gasteiger partial charge in [0.2, 0.25) is 0 Å². The highest BCUT2D eigenvalue weighted by atomic mass is 32.1. The summed E-state index contributed by atoms with van der Waals surface area (Å²) in [6, 6.07) is 11.0. The number of carbonyl (C=O) groups excluding carboxylic acids is 1. The van der Waals surface area contributed by atoms with Crippen molar-refractivity contribution in [3.8, 4) is 5.75 Å². The third kappa shape index (κ3) is 4.63. The Hall–Kier alpha value is -2.73. The lowest BCUT2D eigenvalue weighted by molar-refractivity contribution is 0.0953. The number of pyridine rings is 1. The van der Waals surface area contributed by atoms with E-state index >= 15 is 0 Å². The molecule has 0 fully saturated rings. The molecule has 1 N–H and O–H groups in total. The predicted octanol–water partition coefficient (Wildman–Crippen LogP) is 3.09. The quantitative estimate of drug-likeness (QED) is 0.718. The van der Waals surface area contributed by atoms with Crippen molar-refractivity contribution in [3.05, 3.63) is 76.5 Å². The number of aromatic nitrogens is 2. The minimum absolute atomic E-state index is 0.113. The summed E-state index contributed by atoms with van der Waals surface area (Å²) in [4.78, 5) is 20.5. The molecular weight excluding hydrogens is 322 g/mol. The molecule has 0 bridgehead atoms. The molecule has 0 saturated heterocycles. The van der Waals surface area contributed by atoms with Crippen LogP contribution < -0.4 is 10.1 Å². The predicted molar refractivity (Wildman–Crippen MR) is 93.2 cm³/mol. The summed E-state index contributed by atoms with van der Waals surface area (Å²) in [6.07, 6.45) is 4.29. The van der Waals surface area contributed by atoms with Crippen LogP contribution >= 0.6 is 11.3 Å². The highest BCUT2D eigenvalue weighted by molar-refractivity contribution is 7.07. The van der Waals surface area contributed by atoms with Gasteiger partial charge in [0.05, 0.1) is 11.2 Å². The average molecular weight is 339 g/mol. The van der Waals surface area contributed by atoms with Crippen LogP contribution in [0.3, 0.4) is 0 Å². The first-order valence-corrected chi connectivity index (χ1v) is 8.52. The lowest BCUT2D eigenvalue weighted by atomic mass is 10.2. The Kier molecular flexibility index (Phi) is 5.52. The van der Waals surface area contributed by atoms with E-state index in [0.29, 0.717) is 24.5 Å². The van der Waals surface area contributed by atoms with Gasteiger partial charge >= 0.3 is 0 Å². The maximum Gasteiger partial charge on any atom is 0.251 e. The zero-order chi connectivity index (χ0) is 16.6. The van der Waals surface area contributed by atoms with Crippen LogP contribution in [0.25, 0.3) is 0 Å². The molecule has 3 rings (SSSR count). The molecule has 0 radical (unpaired) electrons. The monoisotopic (exact) mass is 339 g/mol. The molecule has 5 nitrogen and oxygen atoms in total. The number of nitrogens with zero attached hydrogens (tertiary/aromatic N) is 2. The lowest BCUT2D eigenvalue weighted by Crippen LogP contribution is -2.25. The second-order valence-corrected chi connectivity index (χ2v) is 5.88. The standard InChI is InChI=1S/C18H17N3O2S/c22-18(20-8-6-14-3-2-7-19-10-14)15-4-1-5-17(9-15)23-11-16-12-24-13-21-16/h1-5,7,9-10,12-13H,6,8,11H2,(H,20,22). The van der Waals surface area contributed by atoms with E-state index in [9.17, 15) is 4.79 Å². The van der Waals surface area contributed by atoms with Crippen molar-refractivity contribution >= 4 is 17.2 Å². The van der Waals surface area contributed by atoms with Gasteiger partial charge in [0.15, 0.2) is 0 Å². The number of amides is 1. The zero-order valence-electron chi connectivity index (χ0n) is 13.0. The van der Waals surface area contributed by atoms with E-state index in [1.165, 1.54) is 11.3 Å². The molecule has 0 aliphatic rings. The third-order valence-electron chi connectivity index (χ3n) is 3.39. The first kappa shape index (κ1) is 16.1. The minimum atomic E-state index is -0.113. The van der Waals surface area contributed by atoms with E-state index in [1.807, 2.05) is 29.6 Å². The Bertz CT molecular complexity index is 776. The summed E-state index contributed by atoms with van der Waals surface area (Å²) < 4.78 is 5.67. The number of hydrogen-bond donors (Lipinski definition) is 1. The summed E-state index contributed by atoms with van der Waals surface area (Å²) in [5, 5.41) is 4.85. The Morgan fingerprint density at radius 2 is 2.21 bits per heavy atom. The van der Waals surface area contributed by atoms with Crippen LogP contribution in [0.1, 0.15) is 21.6 Å². The molecule has 0 saturated carbocycles. The van der Waals surface area contributed by atoms with Gasteiger partial charge in [-0.3, -0.25) is 9.78 Å². The second kappa shape index (κ2) is 8.21. The van der Waals surface area contributed by atoms with Crippen LogP contribution in [0.5, 0.6) is 5.75 Å². The summed E-state index contributed by atoms with van der Waals surface area (Å²) >= 11 is 1.53. The van der Waals surface area contributed by atoms with Crippen molar-refractivity contribution < 1.29 is 9.53 Å². The van der Waals surface area contributed by atoms with Gasteiger partial charge in [0.1, 0.15) is 12.4 Å². The molecule has 0 unspecified atom stereocenters. The Morgan fingerprint density at radius 1 is 1.25 bits per heavy atom. The first-order valence-electron chi connectivity index (χ1n) is 7.58. The Labute approximate surface area is 144 Å². The van der Waals surface area contributed by atoms with E-state index in [4.69, 9.17) is 4.74 Å². The maximum absolute atomic E-state index is 12.2. The smallest absolute Gasteiger partial charge is 0.251 e. The average Bonchev–Trinajstić information content (AvgIpc) is 3.15. The molecule has 1 aromatic carbocycles. The molecule has 122 valence electrons. The zero-order valence-corrected chi connectivity index (χ0v) is 13.8. The summed E-state index contributed by atoms with van der Waals surface area (Å²) in [5.41, 5.74) is 4.33. The molecule has 1 amide bonds. The number of rotatable bonds is 7. The highest BCUT2D eigenvalue weighted by Gasteiger charge is 2.07. The largest absolute Gasteiger partial charge is 0.487 e. The van der Waals surface area contributed by atoms with Crippen molar-refractivity contribution in [2.75, 3.05) is 6.54 Å². The topological polar surface area (TPSA) is 64.1 Å². The molecule has 0 atom stereocenters. The Morgan fingerprint density at radius 3 is 3.00 bits per heavy atom. The van der Waals surface area contributed by atoms with E-state index < -0.39 is 0 Å². The normalized spacial score (nSPS) is 10.3. The van der Waals surface area contributed by atoms with Crippen molar-refractivity contribution in [2.45, 2.75) is 13.0 Å². The molecular formula is C18H17N3O2S. The van der Waals surface area contributed by atoms with Crippen molar-refractivity contribution in [3.63, 3.8) is 0 Å². The SMILES string of the molecule is O=C(NCCc1cccnc1)c1cccc(OCc2cscn2)c1. The summed E-state index contributed by atoms with van der Waals surface area (Å²) in [7, 11) is 0. The number of benzene rings is 1. The fraction of sp³-hybridized carbons (Fsp3) is 0.167. The van der Waals surface area contributed by atoms with Crippen LogP contribution in [-0.2, 0) is 13.0 Å². The second-order valence-electron chi connectivity index (χ2n) is 5.16. The molecule has 0 aliphatic carbocycles. The molecule has 24 heavy (non-hydrogen) atoms. The van der Waals surface area contributed by atoms with Gasteiger partial charge in [0, 0.05) is 29.9 Å². The summed E-state index contributed by atoms with van der Waals surface area (Å²) in [6.45, 7) is 0.962. The summed E-state index contributed by atoms with van der Waals surface area (Å²) in [5.74, 6) is 0.543. The molecule has 6 heteroatoms. The van der Waals surface area contributed by atoms with E-state index in [0.717, 1.165) is 17.7 Å². The lowest BCUT2D eigenvalue weighted by Gasteiger charge is -2.08. The number of carbonyl (C=O) groups is 1. The van der Waals surface area contributed by atoms with E-state index in [1.54, 1.807) is 30.0 Å². The molecule has 0 aliphatic heterocycles. The highest BCUT2D eigenvalue weighted by Crippen LogP contribution is 2.15. The first-order chi connectivity index (χ1) is 11.8. The van der Waals surface area contributed by atoms with Crippen molar-refractivity contribution in [2.24, 2.45) is 0 Å². The molecule has 2 aromatic heterocycles. The van der Waals surface area contributed by atoms with E-state index in [-0.39, 0.29) is 5.91 Å². The van der Waals surface area contributed by atoms with Gasteiger partial charge in [-0.2, -0.15) is 0 Å². The molecule has 2 heterocycles. The fourth-order valence-electron chi connectivity index (χ4n) is 2.16. The van der Waals surface area contributed by atoms with Gasteiger partial charge in [-0.25, -0.2) is 4.98 Å². The van der Waals surface area contributed by atoms with Crippen LogP contribution in [0.15, 0.2) is 59.7 Å². The third-order valence-corrected chi connectivity index (χ3v) is 4.02. The van der Waals surface area contributed by atoms with Crippen molar-refractivity contribution in [1.82, 2.24) is 15.3 Å². The number of hydrogen-bond acceptors (Lipinski definition) is 5. The Balaban J connectivity index is 1.52. The van der Waals surface area contributed by atoms with Crippen LogP contribution in [0, 0.1) is 0 Å². The van der Waals surface area contributed by atoms with Crippen LogP contribution in [0.4, 0.5) is 0 Å². The van der Waals surface area contributed by atoms with Gasteiger partial charge < -0.3 is 10.1 Å². The number of ether oxygens (including phenoxy) is 1. The van der Waals surface area contributed by atoms with Crippen LogP contribution in [-0.4, -0.2) is 22.4 Å². The molecule has 3 aromatic rings. The number of thiazole rings is 1. The minimum Gasteiger partial charge on any atom is -0.487 e. The maximum atomic E-state index is 12.2.